The van der Waals surface area contributed by atoms with Gasteiger partial charge in [0.2, 0.25) is 5.95 Å². The fourth-order valence-corrected chi connectivity index (χ4v) is 2.49. The minimum Gasteiger partial charge on any atom is -0.329 e. The number of benzene rings is 2. The van der Waals surface area contributed by atoms with Crippen LogP contribution < -0.4 is 9.80 Å². The molecule has 0 unspecified atom stereocenters. The molecule has 1 aromatic heterocycles. The molecule has 0 saturated carbocycles. The summed E-state index contributed by atoms with van der Waals surface area (Å²) in [6.45, 7) is 2.91. The van der Waals surface area contributed by atoms with Gasteiger partial charge in [-0.05, 0) is 37.3 Å². The number of para-hydroxylation sites is 2. The molecule has 0 spiro atoms. The zero-order valence-electron chi connectivity index (χ0n) is 13.4. The van der Waals surface area contributed by atoms with E-state index < -0.39 is 0 Å². The van der Waals surface area contributed by atoms with Gasteiger partial charge in [-0.3, -0.25) is 0 Å². The summed E-state index contributed by atoms with van der Waals surface area (Å²) in [5.41, 5.74) is 2.19. The molecule has 116 valence electrons. The summed E-state index contributed by atoms with van der Waals surface area (Å²) in [6, 6.07) is 22.3. The molecule has 0 atom stereocenters. The first-order chi connectivity index (χ1) is 11.3. The lowest BCUT2D eigenvalue weighted by Crippen LogP contribution is -2.20. The molecule has 0 aliphatic carbocycles. The van der Waals surface area contributed by atoms with Crippen LogP contribution in [0.25, 0.3) is 0 Å². The van der Waals surface area contributed by atoms with Crippen molar-refractivity contribution in [2.24, 2.45) is 0 Å². The van der Waals surface area contributed by atoms with Crippen LogP contribution in [-0.2, 0) is 0 Å². The largest absolute Gasteiger partial charge is 0.329 e. The third kappa shape index (κ3) is 3.31. The molecule has 0 amide bonds. The van der Waals surface area contributed by atoms with E-state index in [0.29, 0.717) is 5.95 Å². The van der Waals surface area contributed by atoms with E-state index in [2.05, 4.69) is 46.0 Å². The van der Waals surface area contributed by atoms with Crippen LogP contribution in [0.1, 0.15) is 6.92 Å². The van der Waals surface area contributed by atoms with E-state index in [-0.39, 0.29) is 0 Å². The molecule has 1 heterocycles. The Morgan fingerprint density at radius 3 is 2.04 bits per heavy atom. The Bertz CT molecular complexity index is 744. The lowest BCUT2D eigenvalue weighted by atomic mass is 10.3. The van der Waals surface area contributed by atoms with Crippen LogP contribution in [-0.4, -0.2) is 23.6 Å². The average molecular weight is 304 g/mol. The number of hydrogen-bond donors (Lipinski definition) is 0. The molecule has 4 heteroatoms. The minimum atomic E-state index is 0.707. The van der Waals surface area contributed by atoms with Gasteiger partial charge in [0.15, 0.2) is 0 Å². The SMILES string of the molecule is CCN(c1ccccc1)c1nccc(N(C)c2ccccc2)n1. The molecule has 23 heavy (non-hydrogen) atoms. The fourth-order valence-electron chi connectivity index (χ4n) is 2.49. The third-order valence-electron chi connectivity index (χ3n) is 3.74. The Labute approximate surface area is 137 Å². The van der Waals surface area contributed by atoms with E-state index in [1.54, 1.807) is 0 Å². The number of rotatable bonds is 5. The lowest BCUT2D eigenvalue weighted by molar-refractivity contribution is 0.938. The van der Waals surface area contributed by atoms with Crippen molar-refractivity contribution in [2.45, 2.75) is 6.92 Å². The van der Waals surface area contributed by atoms with Gasteiger partial charge in [0.05, 0.1) is 0 Å². The molecule has 0 fully saturated rings. The second kappa shape index (κ2) is 6.92. The summed E-state index contributed by atoms with van der Waals surface area (Å²) in [6.07, 6.45) is 1.81. The first-order valence-corrected chi connectivity index (χ1v) is 7.74. The van der Waals surface area contributed by atoms with Gasteiger partial charge in [0.1, 0.15) is 5.82 Å². The van der Waals surface area contributed by atoms with Crippen molar-refractivity contribution < 1.29 is 0 Å². The Morgan fingerprint density at radius 1 is 0.826 bits per heavy atom. The van der Waals surface area contributed by atoms with Gasteiger partial charge in [-0.15, -0.1) is 0 Å². The molecular formula is C19H20N4. The monoisotopic (exact) mass is 304 g/mol. The molecule has 3 rings (SSSR count). The van der Waals surface area contributed by atoms with Crippen LogP contribution >= 0.6 is 0 Å². The van der Waals surface area contributed by atoms with Crippen LogP contribution in [0.5, 0.6) is 0 Å². The zero-order chi connectivity index (χ0) is 16.1. The third-order valence-corrected chi connectivity index (χ3v) is 3.74. The topological polar surface area (TPSA) is 32.3 Å². The summed E-state index contributed by atoms with van der Waals surface area (Å²) in [4.78, 5) is 13.3. The normalized spacial score (nSPS) is 10.3. The summed E-state index contributed by atoms with van der Waals surface area (Å²) in [7, 11) is 2.01. The highest BCUT2D eigenvalue weighted by molar-refractivity contribution is 5.62. The predicted octanol–water partition coefficient (Wildman–Crippen LogP) is 4.40. The van der Waals surface area contributed by atoms with Crippen LogP contribution in [0, 0.1) is 0 Å². The van der Waals surface area contributed by atoms with Crippen LogP contribution in [0.4, 0.5) is 23.1 Å². The van der Waals surface area contributed by atoms with Crippen molar-refractivity contribution in [1.82, 2.24) is 9.97 Å². The van der Waals surface area contributed by atoms with Crippen molar-refractivity contribution in [3.63, 3.8) is 0 Å². The standard InChI is InChI=1S/C19H20N4/c1-3-23(17-12-8-5-9-13-17)19-20-15-14-18(21-19)22(2)16-10-6-4-7-11-16/h4-15H,3H2,1-2H3. The van der Waals surface area contributed by atoms with Crippen molar-refractivity contribution in [3.05, 3.63) is 72.9 Å². The predicted molar refractivity (Wildman–Crippen MR) is 95.7 cm³/mol. The van der Waals surface area contributed by atoms with Crippen LogP contribution in [0.3, 0.4) is 0 Å². The maximum absolute atomic E-state index is 4.74. The second-order valence-corrected chi connectivity index (χ2v) is 5.19. The van der Waals surface area contributed by atoms with Gasteiger partial charge in [-0.25, -0.2) is 4.98 Å². The Kier molecular flexibility index (Phi) is 4.52. The maximum Gasteiger partial charge on any atom is 0.231 e. The van der Waals surface area contributed by atoms with Crippen molar-refractivity contribution in [2.75, 3.05) is 23.4 Å². The van der Waals surface area contributed by atoms with Gasteiger partial charge in [0.25, 0.3) is 0 Å². The summed E-state index contributed by atoms with van der Waals surface area (Å²) >= 11 is 0. The Balaban J connectivity index is 1.93. The number of aromatic nitrogens is 2. The smallest absolute Gasteiger partial charge is 0.231 e. The molecule has 2 aromatic carbocycles. The van der Waals surface area contributed by atoms with E-state index >= 15 is 0 Å². The zero-order valence-corrected chi connectivity index (χ0v) is 13.4. The molecule has 0 saturated heterocycles. The highest BCUT2D eigenvalue weighted by atomic mass is 15.3. The Morgan fingerprint density at radius 2 is 1.43 bits per heavy atom. The first kappa shape index (κ1) is 15.0. The van der Waals surface area contributed by atoms with Crippen molar-refractivity contribution in [1.29, 1.82) is 0 Å². The first-order valence-electron chi connectivity index (χ1n) is 7.74. The second-order valence-electron chi connectivity index (χ2n) is 5.19. The number of anilines is 4. The average Bonchev–Trinajstić information content (AvgIpc) is 2.64. The summed E-state index contributed by atoms with van der Waals surface area (Å²) < 4.78 is 0. The highest BCUT2D eigenvalue weighted by Gasteiger charge is 2.12. The summed E-state index contributed by atoms with van der Waals surface area (Å²) in [5, 5.41) is 0. The van der Waals surface area contributed by atoms with E-state index in [9.17, 15) is 0 Å². The number of hydrogen-bond acceptors (Lipinski definition) is 4. The highest BCUT2D eigenvalue weighted by Crippen LogP contribution is 2.25. The summed E-state index contributed by atoms with van der Waals surface area (Å²) in [5.74, 6) is 1.58. The van der Waals surface area contributed by atoms with E-state index in [0.717, 1.165) is 23.7 Å². The van der Waals surface area contributed by atoms with Gasteiger partial charge >= 0.3 is 0 Å². The Hall–Kier alpha value is -2.88. The molecule has 3 aromatic rings. The van der Waals surface area contributed by atoms with Gasteiger partial charge in [-0.2, -0.15) is 4.98 Å². The molecule has 4 nitrogen and oxygen atoms in total. The van der Waals surface area contributed by atoms with Crippen LogP contribution in [0.15, 0.2) is 72.9 Å². The van der Waals surface area contributed by atoms with Crippen molar-refractivity contribution >= 4 is 23.1 Å². The minimum absolute atomic E-state index is 0.707. The van der Waals surface area contributed by atoms with E-state index in [1.807, 2.05) is 55.7 Å². The maximum atomic E-state index is 4.74. The number of nitrogens with zero attached hydrogens (tertiary/aromatic N) is 4. The van der Waals surface area contributed by atoms with E-state index in [1.165, 1.54) is 0 Å². The molecule has 0 N–H and O–H groups in total. The van der Waals surface area contributed by atoms with E-state index in [4.69, 9.17) is 4.98 Å². The van der Waals surface area contributed by atoms with Gasteiger partial charge in [-0.1, -0.05) is 36.4 Å². The van der Waals surface area contributed by atoms with Gasteiger partial charge in [0, 0.05) is 31.2 Å². The molecule has 0 bridgehead atoms. The van der Waals surface area contributed by atoms with Crippen LogP contribution in [0.2, 0.25) is 0 Å². The lowest BCUT2D eigenvalue weighted by Gasteiger charge is -2.23. The molecule has 0 aliphatic heterocycles. The van der Waals surface area contributed by atoms with Gasteiger partial charge < -0.3 is 9.80 Å². The molecule has 0 aliphatic rings. The van der Waals surface area contributed by atoms with Crippen molar-refractivity contribution in [3.8, 4) is 0 Å². The quantitative estimate of drug-likeness (QED) is 0.699. The molecular weight excluding hydrogens is 284 g/mol. The fraction of sp³-hybridized carbons (Fsp3) is 0.158. The molecule has 0 radical (unpaired) electrons.